The summed E-state index contributed by atoms with van der Waals surface area (Å²) in [5.41, 5.74) is 5.58. The van der Waals surface area contributed by atoms with E-state index in [9.17, 15) is 9.59 Å². The Hall–Kier alpha value is -1.96. The van der Waals surface area contributed by atoms with Gasteiger partial charge in [0.25, 0.3) is 0 Å². The molecule has 1 fully saturated rings. The van der Waals surface area contributed by atoms with Crippen molar-refractivity contribution in [2.75, 3.05) is 11.4 Å². The number of nitrogens with two attached hydrogens (primary N) is 1. The lowest BCUT2D eigenvalue weighted by Gasteiger charge is -2.29. The zero-order valence-electron chi connectivity index (χ0n) is 9.51. The number of nitrogens with zero attached hydrogens (tertiary/aromatic N) is 3. The Balaban J connectivity index is 2.25. The SMILES string of the molecule is CC(N)c1nnc(N2CC(=O)NC(=O)C2C)o1. The van der Waals surface area contributed by atoms with Gasteiger partial charge in [0.1, 0.15) is 12.6 Å². The maximum Gasteiger partial charge on any atom is 0.319 e. The van der Waals surface area contributed by atoms with E-state index in [0.717, 1.165) is 0 Å². The van der Waals surface area contributed by atoms with Crippen LogP contribution in [0.15, 0.2) is 4.42 Å². The van der Waals surface area contributed by atoms with Gasteiger partial charge in [0.15, 0.2) is 0 Å². The molecule has 2 atom stereocenters. The van der Waals surface area contributed by atoms with Crippen molar-refractivity contribution in [3.63, 3.8) is 0 Å². The minimum atomic E-state index is -0.533. The van der Waals surface area contributed by atoms with Crippen LogP contribution in [-0.4, -0.2) is 34.6 Å². The van der Waals surface area contributed by atoms with Crippen LogP contribution in [-0.2, 0) is 9.59 Å². The maximum absolute atomic E-state index is 11.4. The predicted molar refractivity (Wildman–Crippen MR) is 56.9 cm³/mol. The second-order valence-electron chi connectivity index (χ2n) is 3.93. The average molecular weight is 239 g/mol. The third-order valence-electron chi connectivity index (χ3n) is 2.49. The molecule has 0 saturated carbocycles. The number of carbonyl (C=O) groups excluding carboxylic acids is 2. The van der Waals surface area contributed by atoms with Crippen LogP contribution in [0.4, 0.5) is 6.01 Å². The molecule has 2 rings (SSSR count). The van der Waals surface area contributed by atoms with E-state index in [-0.39, 0.29) is 30.4 Å². The van der Waals surface area contributed by atoms with Crippen LogP contribution in [0.1, 0.15) is 25.8 Å². The Morgan fingerprint density at radius 2 is 2.24 bits per heavy atom. The van der Waals surface area contributed by atoms with Crippen LogP contribution in [0.2, 0.25) is 0 Å². The molecular formula is C9H13N5O3. The second kappa shape index (κ2) is 4.13. The Bertz CT molecular complexity index is 455. The van der Waals surface area contributed by atoms with Crippen molar-refractivity contribution in [3.05, 3.63) is 5.89 Å². The van der Waals surface area contributed by atoms with Gasteiger partial charge in [-0.05, 0) is 13.8 Å². The number of hydrogen-bond donors (Lipinski definition) is 2. The molecule has 0 aliphatic carbocycles. The first kappa shape index (κ1) is 11.5. The minimum Gasteiger partial charge on any atom is -0.406 e. The van der Waals surface area contributed by atoms with Gasteiger partial charge in [-0.3, -0.25) is 14.9 Å². The normalized spacial score (nSPS) is 22.5. The van der Waals surface area contributed by atoms with E-state index in [4.69, 9.17) is 10.2 Å². The van der Waals surface area contributed by atoms with Gasteiger partial charge in [-0.1, -0.05) is 5.10 Å². The lowest BCUT2D eigenvalue weighted by atomic mass is 10.2. The fourth-order valence-electron chi connectivity index (χ4n) is 1.47. The summed E-state index contributed by atoms with van der Waals surface area (Å²) in [6.45, 7) is 3.36. The van der Waals surface area contributed by atoms with Gasteiger partial charge < -0.3 is 15.1 Å². The van der Waals surface area contributed by atoms with Crippen molar-refractivity contribution < 1.29 is 14.0 Å². The molecule has 1 aromatic heterocycles. The number of piperazine rings is 1. The maximum atomic E-state index is 11.4. The second-order valence-corrected chi connectivity index (χ2v) is 3.93. The molecule has 2 amide bonds. The summed E-state index contributed by atoms with van der Waals surface area (Å²) in [5.74, 6) is -0.513. The van der Waals surface area contributed by atoms with Crippen molar-refractivity contribution >= 4 is 17.8 Å². The Morgan fingerprint density at radius 1 is 1.53 bits per heavy atom. The van der Waals surface area contributed by atoms with E-state index < -0.39 is 11.9 Å². The van der Waals surface area contributed by atoms with Crippen LogP contribution >= 0.6 is 0 Å². The number of amides is 2. The largest absolute Gasteiger partial charge is 0.406 e. The Morgan fingerprint density at radius 3 is 2.82 bits per heavy atom. The zero-order valence-corrected chi connectivity index (χ0v) is 9.51. The highest BCUT2D eigenvalue weighted by Crippen LogP contribution is 2.19. The van der Waals surface area contributed by atoms with Gasteiger partial charge in [0.05, 0.1) is 6.04 Å². The first-order chi connectivity index (χ1) is 7.99. The molecule has 0 radical (unpaired) electrons. The van der Waals surface area contributed by atoms with Gasteiger partial charge in [-0.2, -0.15) is 0 Å². The fourth-order valence-corrected chi connectivity index (χ4v) is 1.47. The highest BCUT2D eigenvalue weighted by atomic mass is 16.4. The third kappa shape index (κ3) is 2.11. The number of anilines is 1. The number of aromatic nitrogens is 2. The smallest absolute Gasteiger partial charge is 0.319 e. The molecule has 0 spiro atoms. The number of nitrogens with one attached hydrogen (secondary N) is 1. The Kier molecular flexibility index (Phi) is 2.80. The first-order valence-electron chi connectivity index (χ1n) is 5.18. The van der Waals surface area contributed by atoms with Crippen LogP contribution in [0.3, 0.4) is 0 Å². The van der Waals surface area contributed by atoms with Gasteiger partial charge in [0, 0.05) is 0 Å². The summed E-state index contributed by atoms with van der Waals surface area (Å²) in [7, 11) is 0. The number of rotatable bonds is 2. The van der Waals surface area contributed by atoms with Crippen molar-refractivity contribution in [1.29, 1.82) is 0 Å². The Labute approximate surface area is 97.2 Å². The van der Waals surface area contributed by atoms with Crippen LogP contribution < -0.4 is 16.0 Å². The van der Waals surface area contributed by atoms with E-state index in [1.807, 2.05) is 0 Å². The molecule has 2 heterocycles. The number of imide groups is 1. The van der Waals surface area contributed by atoms with E-state index in [2.05, 4.69) is 15.5 Å². The third-order valence-corrected chi connectivity index (χ3v) is 2.49. The summed E-state index contributed by atoms with van der Waals surface area (Å²) in [6, 6.07) is -0.789. The molecule has 0 aromatic carbocycles. The lowest BCUT2D eigenvalue weighted by molar-refractivity contribution is -0.132. The van der Waals surface area contributed by atoms with Crippen molar-refractivity contribution in [2.24, 2.45) is 5.73 Å². The molecule has 2 unspecified atom stereocenters. The van der Waals surface area contributed by atoms with Crippen LogP contribution in [0.5, 0.6) is 0 Å². The summed E-state index contributed by atoms with van der Waals surface area (Å²) in [5, 5.41) is 9.75. The van der Waals surface area contributed by atoms with Gasteiger partial charge in [-0.15, -0.1) is 5.10 Å². The first-order valence-corrected chi connectivity index (χ1v) is 5.18. The molecule has 1 aliphatic rings. The van der Waals surface area contributed by atoms with Gasteiger partial charge >= 0.3 is 6.01 Å². The van der Waals surface area contributed by atoms with Crippen molar-refractivity contribution in [1.82, 2.24) is 15.5 Å². The molecule has 8 nitrogen and oxygen atoms in total. The van der Waals surface area contributed by atoms with Gasteiger partial charge in [-0.25, -0.2) is 0 Å². The molecule has 17 heavy (non-hydrogen) atoms. The molecular weight excluding hydrogens is 226 g/mol. The van der Waals surface area contributed by atoms with E-state index in [1.54, 1.807) is 13.8 Å². The standard InChI is InChI=1S/C9H13N5O3/c1-4(10)8-12-13-9(17-8)14-3-6(15)11-7(16)5(14)2/h4-5H,3,10H2,1-2H3,(H,11,15,16). The van der Waals surface area contributed by atoms with E-state index in [0.29, 0.717) is 0 Å². The summed E-state index contributed by atoms with van der Waals surface area (Å²) < 4.78 is 5.30. The zero-order chi connectivity index (χ0) is 12.6. The summed E-state index contributed by atoms with van der Waals surface area (Å²) in [4.78, 5) is 24.1. The quantitative estimate of drug-likeness (QED) is 0.632. The topological polar surface area (TPSA) is 114 Å². The van der Waals surface area contributed by atoms with Crippen molar-refractivity contribution in [2.45, 2.75) is 25.9 Å². The molecule has 1 aromatic rings. The van der Waals surface area contributed by atoms with Crippen LogP contribution in [0.25, 0.3) is 0 Å². The van der Waals surface area contributed by atoms with Crippen molar-refractivity contribution in [3.8, 4) is 0 Å². The monoisotopic (exact) mass is 239 g/mol. The molecule has 92 valence electrons. The molecule has 0 bridgehead atoms. The minimum absolute atomic E-state index is 0.00743. The molecule has 1 aliphatic heterocycles. The van der Waals surface area contributed by atoms with Crippen LogP contribution in [0, 0.1) is 0 Å². The molecule has 1 saturated heterocycles. The number of carbonyl (C=O) groups is 2. The lowest BCUT2D eigenvalue weighted by Crippen LogP contribution is -2.57. The molecule has 3 N–H and O–H groups in total. The number of hydrogen-bond acceptors (Lipinski definition) is 7. The molecule has 8 heteroatoms. The highest BCUT2D eigenvalue weighted by Gasteiger charge is 2.33. The van der Waals surface area contributed by atoms with E-state index in [1.165, 1.54) is 4.90 Å². The van der Waals surface area contributed by atoms with E-state index >= 15 is 0 Å². The summed E-state index contributed by atoms with van der Waals surface area (Å²) >= 11 is 0. The fraction of sp³-hybridized carbons (Fsp3) is 0.556. The highest BCUT2D eigenvalue weighted by molar-refractivity contribution is 6.03. The van der Waals surface area contributed by atoms with Gasteiger partial charge in [0.2, 0.25) is 17.7 Å². The average Bonchev–Trinajstić information content (AvgIpc) is 2.72. The predicted octanol–water partition coefficient (Wildman–Crippen LogP) is -1.06. The summed E-state index contributed by atoms with van der Waals surface area (Å²) in [6.07, 6.45) is 0.